The van der Waals surface area contributed by atoms with Crippen LogP contribution in [0.1, 0.15) is 91.9 Å². The van der Waals surface area contributed by atoms with Crippen molar-refractivity contribution in [3.05, 3.63) is 0 Å². The lowest BCUT2D eigenvalue weighted by Crippen LogP contribution is -2.60. The van der Waals surface area contributed by atoms with Gasteiger partial charge in [0.2, 0.25) is 11.8 Å². The number of nitrogens with zero attached hydrogens (tertiary/aromatic N) is 1. The minimum Gasteiger partial charge on any atom is -0.357 e. The summed E-state index contributed by atoms with van der Waals surface area (Å²) in [5, 5.41) is 10.3. The monoisotopic (exact) mass is 582 g/mol. The van der Waals surface area contributed by atoms with Crippen LogP contribution in [0.3, 0.4) is 0 Å². The first-order valence-corrected chi connectivity index (χ1v) is 17.3. The zero-order valence-electron chi connectivity index (χ0n) is 26.4. The topological polar surface area (TPSA) is 99.8 Å². The van der Waals surface area contributed by atoms with Crippen molar-refractivity contribution in [3.63, 3.8) is 0 Å². The Kier molecular flexibility index (Phi) is 7.33. The Morgan fingerprint density at radius 3 is 2.55 bits per heavy atom. The molecule has 4 aliphatic carbocycles. The minimum atomic E-state index is -0.273. The number of nitrogens with one attached hydrogen (secondary N) is 3. The van der Waals surface area contributed by atoms with Gasteiger partial charge in [0.05, 0.1) is 6.10 Å². The van der Waals surface area contributed by atoms with E-state index in [-0.39, 0.29) is 46.9 Å². The Morgan fingerprint density at radius 2 is 1.81 bits per heavy atom. The van der Waals surface area contributed by atoms with Crippen LogP contribution in [-0.2, 0) is 19.1 Å². The largest absolute Gasteiger partial charge is 0.357 e. The second kappa shape index (κ2) is 10.5. The molecule has 3 heterocycles. The molecule has 3 N–H and O–H groups in total. The number of ether oxygens (including phenoxy) is 1. The number of piperidine rings is 1. The van der Waals surface area contributed by atoms with Gasteiger partial charge in [0, 0.05) is 62.4 Å². The molecule has 7 rings (SSSR count). The third-order valence-corrected chi connectivity index (χ3v) is 14.2. The minimum absolute atomic E-state index is 0.0451. The number of fused-ring (bicyclic) bond motifs is 7. The summed E-state index contributed by atoms with van der Waals surface area (Å²) < 4.78 is 6.97. The molecule has 3 aliphatic heterocycles. The molecule has 8 heteroatoms. The average Bonchev–Trinajstić information content (AvgIpc) is 3.42. The van der Waals surface area contributed by atoms with Crippen molar-refractivity contribution in [3.8, 4) is 0 Å². The van der Waals surface area contributed by atoms with Crippen LogP contribution in [0.2, 0.25) is 0 Å². The summed E-state index contributed by atoms with van der Waals surface area (Å²) in [5.74, 6) is 3.64. The van der Waals surface area contributed by atoms with Crippen molar-refractivity contribution < 1.29 is 19.1 Å². The molecule has 8 nitrogen and oxygen atoms in total. The van der Waals surface area contributed by atoms with Gasteiger partial charge in [-0.1, -0.05) is 27.7 Å². The van der Waals surface area contributed by atoms with Crippen molar-refractivity contribution in [1.82, 2.24) is 20.9 Å². The summed E-state index contributed by atoms with van der Waals surface area (Å²) in [7, 11) is 0. The van der Waals surface area contributed by atoms with E-state index >= 15 is 0 Å². The zero-order chi connectivity index (χ0) is 29.4. The maximum Gasteiger partial charge on any atom is 0.232 e. The predicted octanol–water partition coefficient (Wildman–Crippen LogP) is 3.49. The zero-order valence-corrected chi connectivity index (χ0v) is 26.4. The van der Waals surface area contributed by atoms with Gasteiger partial charge in [0.1, 0.15) is 17.9 Å². The third kappa shape index (κ3) is 4.43. The summed E-state index contributed by atoms with van der Waals surface area (Å²) >= 11 is 0. The molecule has 0 bridgehead atoms. The van der Waals surface area contributed by atoms with Crippen LogP contribution in [0.5, 0.6) is 0 Å². The first-order chi connectivity index (χ1) is 20.0. The summed E-state index contributed by atoms with van der Waals surface area (Å²) in [6.07, 6.45) is 9.50. The summed E-state index contributed by atoms with van der Waals surface area (Å²) in [4.78, 5) is 41.6. The number of carbonyl (C=O) groups excluding carboxylic acids is 3. The van der Waals surface area contributed by atoms with Crippen molar-refractivity contribution in [1.29, 1.82) is 0 Å². The van der Waals surface area contributed by atoms with E-state index in [1.807, 2.05) is 0 Å². The van der Waals surface area contributed by atoms with Crippen LogP contribution in [0, 0.1) is 52.3 Å². The number of amides is 2. The molecule has 12 atom stereocenters. The smallest absolute Gasteiger partial charge is 0.232 e. The first kappa shape index (κ1) is 29.2. The van der Waals surface area contributed by atoms with E-state index in [2.05, 4.69) is 43.6 Å². The number of piperazine rings is 1. The standard InChI is InChI=1S/C34H54N4O4/c1-20-7-10-34(36-19-20)21(2)31-27(42-34)16-26-24-6-5-22-15-23(37-29(40)18-30(41)38-13-11-35-12-14-38)8-9-32(22,3)25(24)17-28(39)33(26,31)4/h20-27,31,35-36H,5-19H2,1-4H3,(H,37,40)/t20-,21+,22+,23-,24-,25+,26+,27+,31+,32+,33-,34-/m1/s1. The van der Waals surface area contributed by atoms with Crippen LogP contribution < -0.4 is 16.0 Å². The lowest BCUT2D eigenvalue weighted by atomic mass is 9.44. The number of Topliss-reactive ketones (excluding diaryl/α,β-unsaturated/α-hetero) is 1. The van der Waals surface area contributed by atoms with Gasteiger partial charge in [-0.3, -0.25) is 19.7 Å². The van der Waals surface area contributed by atoms with E-state index in [0.29, 0.717) is 66.7 Å². The number of rotatable bonds is 3. The Hall–Kier alpha value is -1.51. The van der Waals surface area contributed by atoms with Crippen LogP contribution in [0.25, 0.3) is 0 Å². The number of carbonyl (C=O) groups is 3. The molecule has 2 amide bonds. The fourth-order valence-electron chi connectivity index (χ4n) is 11.7. The van der Waals surface area contributed by atoms with Gasteiger partial charge in [-0.15, -0.1) is 0 Å². The molecule has 4 saturated carbocycles. The third-order valence-electron chi connectivity index (χ3n) is 14.2. The Bertz CT molecular complexity index is 1100. The van der Waals surface area contributed by atoms with E-state index in [0.717, 1.165) is 51.7 Å². The van der Waals surface area contributed by atoms with Crippen LogP contribution >= 0.6 is 0 Å². The SMILES string of the molecule is C[C@@H]1CC[C@@]2(NC1)O[C@H]1C[C@H]3[C@@H]4CC[C@H]5C[C@H](NC(=O)CC(=O)N6CCNCC6)CC[C@]5(C)[C@H]4CC(=O)[C@]3(C)[C@H]1[C@@H]2C. The van der Waals surface area contributed by atoms with Gasteiger partial charge in [-0.05, 0) is 86.4 Å². The quantitative estimate of drug-likeness (QED) is 0.441. The number of ketones is 1. The van der Waals surface area contributed by atoms with Gasteiger partial charge >= 0.3 is 0 Å². The van der Waals surface area contributed by atoms with Crippen molar-refractivity contribution in [2.24, 2.45) is 52.3 Å². The van der Waals surface area contributed by atoms with E-state index in [1.165, 1.54) is 19.3 Å². The summed E-state index contributed by atoms with van der Waals surface area (Å²) in [6, 6.07) is 0.134. The van der Waals surface area contributed by atoms with E-state index < -0.39 is 0 Å². The van der Waals surface area contributed by atoms with Gasteiger partial charge < -0.3 is 20.3 Å². The van der Waals surface area contributed by atoms with Crippen LogP contribution in [0.4, 0.5) is 0 Å². The number of hydrogen-bond acceptors (Lipinski definition) is 6. The van der Waals surface area contributed by atoms with Crippen molar-refractivity contribution in [2.75, 3.05) is 32.7 Å². The molecular formula is C34H54N4O4. The lowest BCUT2D eigenvalue weighted by molar-refractivity contribution is -0.160. The van der Waals surface area contributed by atoms with Crippen molar-refractivity contribution in [2.45, 2.75) is 110 Å². The Morgan fingerprint density at radius 1 is 1.02 bits per heavy atom. The highest BCUT2D eigenvalue weighted by atomic mass is 16.5. The van der Waals surface area contributed by atoms with Gasteiger partial charge in [0.25, 0.3) is 0 Å². The summed E-state index contributed by atoms with van der Waals surface area (Å²) in [5.41, 5.74) is -0.371. The van der Waals surface area contributed by atoms with E-state index in [9.17, 15) is 14.4 Å². The molecule has 7 fully saturated rings. The molecule has 234 valence electrons. The van der Waals surface area contributed by atoms with Crippen molar-refractivity contribution >= 4 is 17.6 Å². The fraction of sp³-hybridized carbons (Fsp3) is 0.912. The molecule has 0 radical (unpaired) electrons. The number of hydrogen-bond donors (Lipinski definition) is 3. The molecule has 0 aromatic heterocycles. The molecule has 3 saturated heterocycles. The molecule has 0 aromatic carbocycles. The van der Waals surface area contributed by atoms with Crippen LogP contribution in [-0.4, -0.2) is 73.1 Å². The second-order valence-corrected chi connectivity index (χ2v) is 16.0. The highest BCUT2D eigenvalue weighted by Crippen LogP contribution is 2.70. The van der Waals surface area contributed by atoms with Gasteiger partial charge in [-0.25, -0.2) is 0 Å². The maximum absolute atomic E-state index is 14.4. The van der Waals surface area contributed by atoms with Crippen LogP contribution in [0.15, 0.2) is 0 Å². The Balaban J connectivity index is 1.01. The van der Waals surface area contributed by atoms with E-state index in [1.54, 1.807) is 4.90 Å². The average molecular weight is 583 g/mol. The van der Waals surface area contributed by atoms with Gasteiger partial charge in [-0.2, -0.15) is 0 Å². The predicted molar refractivity (Wildman–Crippen MR) is 160 cm³/mol. The van der Waals surface area contributed by atoms with E-state index in [4.69, 9.17) is 4.74 Å². The molecule has 1 spiro atoms. The molecule has 0 aromatic rings. The molecule has 7 aliphatic rings. The first-order valence-electron chi connectivity index (χ1n) is 17.3. The molecular weight excluding hydrogens is 528 g/mol. The van der Waals surface area contributed by atoms with Gasteiger partial charge in [0.15, 0.2) is 0 Å². The summed E-state index contributed by atoms with van der Waals surface area (Å²) in [6.45, 7) is 13.4. The molecule has 0 unspecified atom stereocenters. The second-order valence-electron chi connectivity index (χ2n) is 16.0. The highest BCUT2D eigenvalue weighted by Gasteiger charge is 2.71. The highest BCUT2D eigenvalue weighted by molar-refractivity contribution is 5.97. The Labute approximate surface area is 252 Å². The fourth-order valence-corrected chi connectivity index (χ4v) is 11.7. The lowest BCUT2D eigenvalue weighted by Gasteiger charge is -2.60. The molecule has 42 heavy (non-hydrogen) atoms. The normalized spacial score (nSPS) is 50.0. The maximum atomic E-state index is 14.4.